The second kappa shape index (κ2) is 9.15. The van der Waals surface area contributed by atoms with Crippen molar-refractivity contribution in [2.75, 3.05) is 6.54 Å². The van der Waals surface area contributed by atoms with Crippen LogP contribution in [0.2, 0.25) is 0 Å². The number of carbonyl (C=O) groups is 2. The zero-order chi connectivity index (χ0) is 17.4. The van der Waals surface area contributed by atoms with Gasteiger partial charge in [0.15, 0.2) is 0 Å². The van der Waals surface area contributed by atoms with Crippen LogP contribution in [0.1, 0.15) is 46.2 Å². The lowest BCUT2D eigenvalue weighted by Crippen LogP contribution is -2.48. The van der Waals surface area contributed by atoms with E-state index in [4.69, 9.17) is 4.74 Å². The fourth-order valence-electron chi connectivity index (χ4n) is 2.10. The molecule has 6 nitrogen and oxygen atoms in total. The predicted octanol–water partition coefficient (Wildman–Crippen LogP) is 2.36. The van der Waals surface area contributed by atoms with Crippen LogP contribution in [0.4, 0.5) is 4.79 Å². The number of rotatable bonds is 7. The first-order chi connectivity index (χ1) is 10.8. The lowest BCUT2D eigenvalue weighted by atomic mass is 10.1. The third-order valence-electron chi connectivity index (χ3n) is 3.20. The van der Waals surface area contributed by atoms with Crippen LogP contribution in [0.25, 0.3) is 0 Å². The van der Waals surface area contributed by atoms with E-state index >= 15 is 0 Å². The molecule has 2 atom stereocenters. The molecule has 1 aromatic rings. The first-order valence-corrected chi connectivity index (χ1v) is 7.94. The number of hydrogen-bond donors (Lipinski definition) is 3. The van der Waals surface area contributed by atoms with E-state index in [0.29, 0.717) is 6.54 Å². The molecule has 3 N–H and O–H groups in total. The van der Waals surface area contributed by atoms with Crippen molar-refractivity contribution in [2.45, 2.75) is 52.8 Å². The summed E-state index contributed by atoms with van der Waals surface area (Å²) < 4.78 is 5.68. The first kappa shape index (κ1) is 19.0. The highest BCUT2D eigenvalue weighted by molar-refractivity contribution is 5.96. The average Bonchev–Trinajstić information content (AvgIpc) is 2.46. The van der Waals surface area contributed by atoms with Gasteiger partial charge >= 0.3 is 6.03 Å². The van der Waals surface area contributed by atoms with Crippen molar-refractivity contribution in [1.82, 2.24) is 16.0 Å². The standard InChI is InChI=1S/C17H27N3O3/c1-6-18-17(22)20-16(21)13(5)19-12(4)14-8-7-9-15(10-14)23-11(2)3/h7-13,19H,6H2,1-5H3,(H2,18,20,21,22)/t12-,13-/m0/s1. The third-order valence-corrected chi connectivity index (χ3v) is 3.20. The number of urea groups is 1. The van der Waals surface area contributed by atoms with Gasteiger partial charge in [0.2, 0.25) is 5.91 Å². The number of carbonyl (C=O) groups excluding carboxylic acids is 2. The highest BCUT2D eigenvalue weighted by Gasteiger charge is 2.18. The third kappa shape index (κ3) is 6.69. The van der Waals surface area contributed by atoms with Crippen LogP contribution < -0.4 is 20.7 Å². The highest BCUT2D eigenvalue weighted by atomic mass is 16.5. The Morgan fingerprint density at radius 2 is 1.87 bits per heavy atom. The van der Waals surface area contributed by atoms with Gasteiger partial charge in [0.1, 0.15) is 5.75 Å². The Morgan fingerprint density at radius 1 is 1.17 bits per heavy atom. The minimum absolute atomic E-state index is 0.0549. The van der Waals surface area contributed by atoms with Crippen LogP contribution in [0.15, 0.2) is 24.3 Å². The molecule has 0 fully saturated rings. The predicted molar refractivity (Wildman–Crippen MR) is 90.4 cm³/mol. The van der Waals surface area contributed by atoms with Crippen molar-refractivity contribution < 1.29 is 14.3 Å². The van der Waals surface area contributed by atoms with Crippen molar-refractivity contribution in [1.29, 1.82) is 0 Å². The molecule has 23 heavy (non-hydrogen) atoms. The van der Waals surface area contributed by atoms with E-state index in [-0.39, 0.29) is 18.1 Å². The molecule has 0 spiro atoms. The van der Waals surface area contributed by atoms with Gasteiger partial charge in [0.05, 0.1) is 12.1 Å². The van der Waals surface area contributed by atoms with E-state index in [1.807, 2.05) is 45.0 Å². The highest BCUT2D eigenvalue weighted by Crippen LogP contribution is 2.20. The Morgan fingerprint density at radius 3 is 2.48 bits per heavy atom. The summed E-state index contributed by atoms with van der Waals surface area (Å²) in [6.45, 7) is 9.90. The molecule has 1 aromatic carbocycles. The molecule has 0 aliphatic carbocycles. The molecule has 6 heteroatoms. The van der Waals surface area contributed by atoms with E-state index in [1.165, 1.54) is 0 Å². The van der Waals surface area contributed by atoms with Gasteiger partial charge in [-0.15, -0.1) is 0 Å². The average molecular weight is 321 g/mol. The van der Waals surface area contributed by atoms with E-state index in [9.17, 15) is 9.59 Å². The van der Waals surface area contributed by atoms with Gasteiger partial charge in [-0.25, -0.2) is 4.79 Å². The topological polar surface area (TPSA) is 79.5 Å². The Kier molecular flexibility index (Phi) is 7.54. The number of amides is 3. The maximum Gasteiger partial charge on any atom is 0.321 e. The van der Waals surface area contributed by atoms with Crippen molar-refractivity contribution in [3.05, 3.63) is 29.8 Å². The van der Waals surface area contributed by atoms with Gasteiger partial charge in [-0.05, 0) is 52.3 Å². The summed E-state index contributed by atoms with van der Waals surface area (Å²) in [4.78, 5) is 23.3. The number of benzene rings is 1. The van der Waals surface area contributed by atoms with Crippen LogP contribution in [0.5, 0.6) is 5.75 Å². The summed E-state index contributed by atoms with van der Waals surface area (Å²) in [5.74, 6) is 0.433. The minimum Gasteiger partial charge on any atom is -0.491 e. The monoisotopic (exact) mass is 321 g/mol. The van der Waals surface area contributed by atoms with Crippen LogP contribution in [-0.2, 0) is 4.79 Å². The van der Waals surface area contributed by atoms with Crippen LogP contribution in [0, 0.1) is 0 Å². The first-order valence-electron chi connectivity index (χ1n) is 7.94. The summed E-state index contributed by atoms with van der Waals surface area (Å²) in [5, 5.41) is 8.00. The quantitative estimate of drug-likeness (QED) is 0.720. The normalized spacial score (nSPS) is 13.3. The summed E-state index contributed by atoms with van der Waals surface area (Å²) >= 11 is 0. The van der Waals surface area contributed by atoms with Crippen molar-refractivity contribution in [3.63, 3.8) is 0 Å². The zero-order valence-electron chi connectivity index (χ0n) is 14.5. The summed E-state index contributed by atoms with van der Waals surface area (Å²) in [6.07, 6.45) is 0.107. The maximum absolute atomic E-state index is 11.9. The van der Waals surface area contributed by atoms with E-state index in [0.717, 1.165) is 11.3 Å². The summed E-state index contributed by atoms with van der Waals surface area (Å²) in [7, 11) is 0. The van der Waals surface area contributed by atoms with Crippen molar-refractivity contribution in [3.8, 4) is 5.75 Å². The Labute approximate surface area is 138 Å². The summed E-state index contributed by atoms with van der Waals surface area (Å²) in [5.41, 5.74) is 1.01. The molecule has 0 bridgehead atoms. The maximum atomic E-state index is 11.9. The van der Waals surface area contributed by atoms with Gasteiger partial charge < -0.3 is 10.1 Å². The molecule has 1 rings (SSSR count). The molecule has 0 saturated heterocycles. The summed E-state index contributed by atoms with van der Waals surface area (Å²) in [6, 6.07) is 6.71. The van der Waals surface area contributed by atoms with Crippen molar-refractivity contribution >= 4 is 11.9 Å². The van der Waals surface area contributed by atoms with E-state index in [2.05, 4.69) is 16.0 Å². The van der Waals surface area contributed by atoms with E-state index < -0.39 is 12.1 Å². The molecular formula is C17H27N3O3. The Hall–Kier alpha value is -2.08. The number of nitrogens with one attached hydrogen (secondary N) is 3. The molecule has 0 unspecified atom stereocenters. The van der Waals surface area contributed by atoms with Crippen LogP contribution in [-0.4, -0.2) is 30.6 Å². The van der Waals surface area contributed by atoms with Crippen LogP contribution in [0.3, 0.4) is 0 Å². The van der Waals surface area contributed by atoms with Gasteiger partial charge in [0.25, 0.3) is 0 Å². The molecule has 0 radical (unpaired) electrons. The molecule has 0 heterocycles. The Balaban J connectivity index is 2.62. The van der Waals surface area contributed by atoms with Crippen LogP contribution >= 0.6 is 0 Å². The molecule has 0 aliphatic heterocycles. The fraction of sp³-hybridized carbons (Fsp3) is 0.529. The largest absolute Gasteiger partial charge is 0.491 e. The van der Waals surface area contributed by atoms with E-state index in [1.54, 1.807) is 13.8 Å². The number of hydrogen-bond acceptors (Lipinski definition) is 4. The Bertz CT molecular complexity index is 532. The fourth-order valence-corrected chi connectivity index (χ4v) is 2.10. The number of imide groups is 1. The second-order valence-electron chi connectivity index (χ2n) is 5.70. The smallest absolute Gasteiger partial charge is 0.321 e. The molecule has 3 amide bonds. The molecule has 0 aromatic heterocycles. The molecule has 0 saturated carbocycles. The zero-order valence-corrected chi connectivity index (χ0v) is 14.5. The van der Waals surface area contributed by atoms with Gasteiger partial charge in [-0.1, -0.05) is 12.1 Å². The van der Waals surface area contributed by atoms with Crippen molar-refractivity contribution in [2.24, 2.45) is 0 Å². The molecule has 0 aliphatic rings. The number of ether oxygens (including phenoxy) is 1. The lowest BCUT2D eigenvalue weighted by Gasteiger charge is -2.20. The van der Waals surface area contributed by atoms with Gasteiger partial charge in [-0.2, -0.15) is 0 Å². The molecule has 128 valence electrons. The lowest BCUT2D eigenvalue weighted by molar-refractivity contribution is -0.121. The molecular weight excluding hydrogens is 294 g/mol. The SMILES string of the molecule is CCNC(=O)NC(=O)[C@H](C)N[C@@H](C)c1cccc(OC(C)C)c1. The van der Waals surface area contributed by atoms with Gasteiger partial charge in [0, 0.05) is 12.6 Å². The minimum atomic E-state index is -0.498. The van der Waals surface area contributed by atoms with Gasteiger partial charge in [-0.3, -0.25) is 15.4 Å². The second-order valence-corrected chi connectivity index (χ2v) is 5.70.